The van der Waals surface area contributed by atoms with E-state index >= 15 is 0 Å². The highest BCUT2D eigenvalue weighted by molar-refractivity contribution is 5.86. The Balaban J connectivity index is 1.94. The van der Waals surface area contributed by atoms with E-state index in [-0.39, 0.29) is 5.52 Å². The topological polar surface area (TPSA) is 75.1 Å². The van der Waals surface area contributed by atoms with E-state index in [0.29, 0.717) is 24.6 Å². The summed E-state index contributed by atoms with van der Waals surface area (Å²) in [7, 11) is 0. The van der Waals surface area contributed by atoms with E-state index in [2.05, 4.69) is 9.97 Å². The molecule has 5 nitrogen and oxygen atoms in total. The van der Waals surface area contributed by atoms with Crippen molar-refractivity contribution in [2.45, 2.75) is 19.0 Å². The number of hydroxylamine groups is 1. The number of carbonyl (C=O) groups is 1. The summed E-state index contributed by atoms with van der Waals surface area (Å²) in [6, 6.07) is 4.78. The number of nitrogens with one attached hydrogen (secondary N) is 1. The van der Waals surface area contributed by atoms with Crippen LogP contribution in [0.4, 0.5) is 13.2 Å². The minimum atomic E-state index is -4.53. The van der Waals surface area contributed by atoms with Crippen LogP contribution in [0.1, 0.15) is 24.1 Å². The number of halogens is 3. The molecule has 1 aromatic heterocycles. The van der Waals surface area contributed by atoms with Crippen LogP contribution in [0.15, 0.2) is 30.5 Å². The van der Waals surface area contributed by atoms with E-state index in [1.807, 2.05) is 0 Å². The molecular formula is C15H12F3N3O2. The molecule has 120 valence electrons. The van der Waals surface area contributed by atoms with Crippen molar-refractivity contribution in [3.63, 3.8) is 0 Å². The second-order valence-corrected chi connectivity index (χ2v) is 5.27. The maximum Gasteiger partial charge on any atom is 0.434 e. The fraction of sp³-hybridized carbons (Fsp3) is 0.267. The van der Waals surface area contributed by atoms with E-state index in [0.717, 1.165) is 11.1 Å². The molecule has 1 heterocycles. The van der Waals surface area contributed by atoms with E-state index in [9.17, 15) is 18.0 Å². The average Bonchev–Trinajstić information content (AvgIpc) is 3.02. The summed E-state index contributed by atoms with van der Waals surface area (Å²) in [5.41, 5.74) is 2.77. The highest BCUT2D eigenvalue weighted by Crippen LogP contribution is 2.33. The first-order valence-corrected chi connectivity index (χ1v) is 6.87. The number of fused-ring (bicyclic) bond motifs is 1. The minimum absolute atomic E-state index is 0.159. The number of alkyl halides is 3. The first-order chi connectivity index (χ1) is 10.9. The molecule has 1 aliphatic rings. The van der Waals surface area contributed by atoms with Crippen molar-refractivity contribution in [1.29, 1.82) is 0 Å². The Morgan fingerprint density at radius 3 is 2.78 bits per heavy atom. The number of aromatic nitrogens is 2. The largest absolute Gasteiger partial charge is 0.434 e. The Morgan fingerprint density at radius 2 is 2.09 bits per heavy atom. The number of rotatable bonds is 2. The number of allylic oxidation sites excluding steroid dienone is 1. The smallest absolute Gasteiger partial charge is 0.289 e. The number of hydrogen-bond acceptors (Lipinski definition) is 4. The molecule has 1 aromatic carbocycles. The number of carbonyl (C=O) groups excluding carboxylic acids is 1. The van der Waals surface area contributed by atoms with Crippen molar-refractivity contribution in [2.24, 2.45) is 5.92 Å². The Labute approximate surface area is 128 Å². The van der Waals surface area contributed by atoms with Crippen molar-refractivity contribution in [2.75, 3.05) is 0 Å². The molecule has 0 saturated carbocycles. The van der Waals surface area contributed by atoms with Gasteiger partial charge < -0.3 is 0 Å². The molecular weight excluding hydrogens is 311 g/mol. The molecule has 2 N–H and O–H groups in total. The maximum absolute atomic E-state index is 12.6. The van der Waals surface area contributed by atoms with Gasteiger partial charge in [0.15, 0.2) is 5.69 Å². The van der Waals surface area contributed by atoms with Gasteiger partial charge >= 0.3 is 6.18 Å². The quantitative estimate of drug-likeness (QED) is 0.658. The first-order valence-electron chi connectivity index (χ1n) is 6.87. The Hall–Kier alpha value is -2.48. The molecule has 0 aliphatic heterocycles. The minimum Gasteiger partial charge on any atom is -0.289 e. The van der Waals surface area contributed by atoms with Crippen LogP contribution in [0.2, 0.25) is 0 Å². The van der Waals surface area contributed by atoms with Crippen molar-refractivity contribution < 1.29 is 23.2 Å². The standard InChI is InChI=1S/C15H12F3N3O2/c16-15(17,18)13-7-19-12-6-9(3-4-11(12)20-13)8-1-2-10(5-8)14(22)21-23/h3-7,10,23H,1-2H2,(H,21,22). The van der Waals surface area contributed by atoms with Gasteiger partial charge in [-0.05, 0) is 36.1 Å². The Morgan fingerprint density at radius 1 is 1.30 bits per heavy atom. The third-order valence-corrected chi connectivity index (χ3v) is 3.78. The lowest BCUT2D eigenvalue weighted by Crippen LogP contribution is -2.25. The summed E-state index contributed by atoms with van der Waals surface area (Å²) in [6.45, 7) is 0. The molecule has 0 fully saturated rings. The lowest BCUT2D eigenvalue weighted by atomic mass is 10.0. The molecule has 1 unspecified atom stereocenters. The van der Waals surface area contributed by atoms with E-state index in [1.54, 1.807) is 23.7 Å². The molecule has 1 atom stereocenters. The van der Waals surface area contributed by atoms with Crippen molar-refractivity contribution in [3.8, 4) is 0 Å². The number of nitrogens with zero attached hydrogens (tertiary/aromatic N) is 2. The zero-order chi connectivity index (χ0) is 16.6. The summed E-state index contributed by atoms with van der Waals surface area (Å²) in [5, 5.41) is 8.65. The molecule has 8 heteroatoms. The van der Waals surface area contributed by atoms with Gasteiger partial charge in [-0.15, -0.1) is 0 Å². The van der Waals surface area contributed by atoms with Gasteiger partial charge in [-0.2, -0.15) is 13.2 Å². The van der Waals surface area contributed by atoms with Crippen LogP contribution < -0.4 is 5.48 Å². The summed E-state index contributed by atoms with van der Waals surface area (Å²) in [4.78, 5) is 18.8. The van der Waals surface area contributed by atoms with E-state index in [1.165, 1.54) is 6.07 Å². The average molecular weight is 323 g/mol. The number of amides is 1. The Bertz CT molecular complexity index is 802. The molecule has 0 spiro atoms. The predicted molar refractivity (Wildman–Crippen MR) is 75.2 cm³/mol. The summed E-state index contributed by atoms with van der Waals surface area (Å²) < 4.78 is 37.9. The predicted octanol–water partition coefficient (Wildman–Crippen LogP) is 2.95. The zero-order valence-electron chi connectivity index (χ0n) is 11.8. The van der Waals surface area contributed by atoms with Crippen molar-refractivity contribution in [1.82, 2.24) is 15.4 Å². The van der Waals surface area contributed by atoms with Crippen LogP contribution in [-0.4, -0.2) is 21.1 Å². The molecule has 0 saturated heterocycles. The van der Waals surface area contributed by atoms with Gasteiger partial charge in [-0.3, -0.25) is 15.0 Å². The molecule has 23 heavy (non-hydrogen) atoms. The fourth-order valence-electron chi connectivity index (χ4n) is 2.60. The third kappa shape index (κ3) is 3.02. The lowest BCUT2D eigenvalue weighted by molar-refractivity contribution is -0.141. The van der Waals surface area contributed by atoms with Crippen molar-refractivity contribution >= 4 is 22.5 Å². The first kappa shape index (κ1) is 15.4. The van der Waals surface area contributed by atoms with Crippen molar-refractivity contribution in [3.05, 3.63) is 41.7 Å². The molecule has 1 amide bonds. The fourth-order valence-corrected chi connectivity index (χ4v) is 2.60. The second-order valence-electron chi connectivity index (χ2n) is 5.27. The SMILES string of the molecule is O=C(NO)C1C=C(c2ccc3nc(C(F)(F)F)cnc3c2)CC1. The van der Waals surface area contributed by atoms with Gasteiger partial charge in [0.1, 0.15) is 0 Å². The normalized spacial score (nSPS) is 18.1. The van der Waals surface area contributed by atoms with E-state index in [4.69, 9.17) is 5.21 Å². The van der Waals surface area contributed by atoms with E-state index < -0.39 is 23.7 Å². The highest BCUT2D eigenvalue weighted by Gasteiger charge is 2.33. The molecule has 0 radical (unpaired) electrons. The van der Waals surface area contributed by atoms with Crippen LogP contribution in [0, 0.1) is 5.92 Å². The Kier molecular flexibility index (Phi) is 3.77. The van der Waals surface area contributed by atoms with Crippen LogP contribution in [0.3, 0.4) is 0 Å². The second kappa shape index (κ2) is 5.62. The third-order valence-electron chi connectivity index (χ3n) is 3.78. The highest BCUT2D eigenvalue weighted by atomic mass is 19.4. The van der Waals surface area contributed by atoms with Crippen LogP contribution in [-0.2, 0) is 11.0 Å². The van der Waals surface area contributed by atoms with Gasteiger partial charge in [0.05, 0.1) is 23.1 Å². The number of benzene rings is 1. The summed E-state index contributed by atoms with van der Waals surface area (Å²) in [5.74, 6) is -0.889. The monoisotopic (exact) mass is 323 g/mol. The maximum atomic E-state index is 12.6. The van der Waals surface area contributed by atoms with Gasteiger partial charge in [0.2, 0.25) is 5.91 Å². The summed E-state index contributed by atoms with van der Waals surface area (Å²) in [6.07, 6.45) is -0.879. The van der Waals surface area contributed by atoms with Gasteiger partial charge in [-0.1, -0.05) is 12.1 Å². The molecule has 1 aliphatic carbocycles. The zero-order valence-corrected chi connectivity index (χ0v) is 11.8. The van der Waals surface area contributed by atoms with Crippen LogP contribution in [0.5, 0.6) is 0 Å². The molecule has 3 rings (SSSR count). The molecule has 2 aromatic rings. The van der Waals surface area contributed by atoms with Gasteiger partial charge in [0.25, 0.3) is 0 Å². The van der Waals surface area contributed by atoms with Crippen LogP contribution in [0.25, 0.3) is 16.6 Å². The molecule has 0 bridgehead atoms. The van der Waals surface area contributed by atoms with Gasteiger partial charge in [0, 0.05) is 0 Å². The van der Waals surface area contributed by atoms with Gasteiger partial charge in [-0.25, -0.2) is 10.5 Å². The number of hydrogen-bond donors (Lipinski definition) is 2. The lowest BCUT2D eigenvalue weighted by Gasteiger charge is -2.07. The summed E-state index contributed by atoms with van der Waals surface area (Å²) >= 11 is 0. The van der Waals surface area contributed by atoms with Crippen LogP contribution >= 0.6 is 0 Å².